The fraction of sp³-hybridized carbons (Fsp3) is 0.211. The van der Waals surface area contributed by atoms with Gasteiger partial charge in [-0.3, -0.25) is 14.5 Å². The van der Waals surface area contributed by atoms with Gasteiger partial charge in [-0.1, -0.05) is 35.9 Å². The Kier molecular flexibility index (Phi) is 5.14. The summed E-state index contributed by atoms with van der Waals surface area (Å²) >= 11 is 6.23. The topological polar surface area (TPSA) is 59.8 Å². The highest BCUT2D eigenvalue weighted by Crippen LogP contribution is 2.19. The number of hydrogen-bond donors (Lipinski definition) is 1. The summed E-state index contributed by atoms with van der Waals surface area (Å²) in [4.78, 5) is 16.8. The Morgan fingerprint density at radius 2 is 1.92 bits per heavy atom. The number of hydrogen-bond acceptors (Lipinski definition) is 3. The summed E-state index contributed by atoms with van der Waals surface area (Å²) in [6, 6.07) is 13.3. The number of halogens is 1. The molecule has 1 amide bonds. The van der Waals surface area contributed by atoms with Crippen molar-refractivity contribution in [1.29, 1.82) is 0 Å². The van der Waals surface area contributed by atoms with Gasteiger partial charge < -0.3 is 5.32 Å². The normalized spacial score (nSPS) is 10.7. The third kappa shape index (κ3) is 3.88. The highest BCUT2D eigenvalue weighted by molar-refractivity contribution is 6.31. The molecule has 0 aliphatic heterocycles. The molecule has 1 aromatic carbocycles. The van der Waals surface area contributed by atoms with E-state index in [0.717, 1.165) is 17.0 Å². The zero-order chi connectivity index (χ0) is 17.8. The molecule has 0 aliphatic carbocycles. The van der Waals surface area contributed by atoms with Crippen molar-refractivity contribution in [1.82, 2.24) is 20.1 Å². The van der Waals surface area contributed by atoms with Gasteiger partial charge in [-0.05, 0) is 37.6 Å². The maximum Gasteiger partial charge on any atom is 0.255 e. The van der Waals surface area contributed by atoms with Crippen LogP contribution in [-0.2, 0) is 13.1 Å². The highest BCUT2D eigenvalue weighted by Gasteiger charge is 2.19. The summed E-state index contributed by atoms with van der Waals surface area (Å²) < 4.78 is 1.81. The van der Waals surface area contributed by atoms with Crippen LogP contribution < -0.4 is 5.32 Å². The summed E-state index contributed by atoms with van der Waals surface area (Å²) in [5.41, 5.74) is 3.90. The van der Waals surface area contributed by atoms with Crippen LogP contribution in [0.1, 0.15) is 33.0 Å². The Hall–Kier alpha value is -2.66. The van der Waals surface area contributed by atoms with Gasteiger partial charge in [0.2, 0.25) is 0 Å². The van der Waals surface area contributed by atoms with Gasteiger partial charge in [0.25, 0.3) is 5.91 Å². The van der Waals surface area contributed by atoms with Gasteiger partial charge in [0.05, 0.1) is 30.0 Å². The molecule has 25 heavy (non-hydrogen) atoms. The molecule has 0 saturated carbocycles. The molecule has 3 aromatic rings. The number of amides is 1. The van der Waals surface area contributed by atoms with Crippen molar-refractivity contribution in [3.8, 4) is 0 Å². The van der Waals surface area contributed by atoms with E-state index in [2.05, 4.69) is 15.4 Å². The van der Waals surface area contributed by atoms with Crippen LogP contribution in [0.25, 0.3) is 0 Å². The fourth-order valence-corrected chi connectivity index (χ4v) is 2.92. The zero-order valence-electron chi connectivity index (χ0n) is 14.2. The lowest BCUT2D eigenvalue weighted by molar-refractivity contribution is 0.0949. The number of aromatic nitrogens is 3. The predicted molar refractivity (Wildman–Crippen MR) is 97.7 cm³/mol. The molecular formula is C19H19ClN4O. The second-order valence-corrected chi connectivity index (χ2v) is 6.21. The molecular weight excluding hydrogens is 336 g/mol. The average Bonchev–Trinajstić information content (AvgIpc) is 2.89. The Bertz CT molecular complexity index is 890. The number of benzene rings is 1. The van der Waals surface area contributed by atoms with Crippen molar-refractivity contribution in [2.75, 3.05) is 0 Å². The van der Waals surface area contributed by atoms with Gasteiger partial charge in [-0.15, -0.1) is 0 Å². The fourth-order valence-electron chi connectivity index (χ4n) is 2.73. The van der Waals surface area contributed by atoms with Gasteiger partial charge in [-0.25, -0.2) is 0 Å². The highest BCUT2D eigenvalue weighted by atomic mass is 35.5. The lowest BCUT2D eigenvalue weighted by atomic mass is 10.1. The van der Waals surface area contributed by atoms with Gasteiger partial charge in [0.15, 0.2) is 0 Å². The first-order valence-corrected chi connectivity index (χ1v) is 8.39. The van der Waals surface area contributed by atoms with E-state index in [1.54, 1.807) is 6.20 Å². The van der Waals surface area contributed by atoms with Crippen molar-refractivity contribution < 1.29 is 4.79 Å². The minimum Gasteiger partial charge on any atom is -0.346 e. The van der Waals surface area contributed by atoms with E-state index in [1.165, 1.54) is 0 Å². The van der Waals surface area contributed by atoms with Crippen LogP contribution >= 0.6 is 11.6 Å². The lowest BCUT2D eigenvalue weighted by Gasteiger charge is -2.08. The Morgan fingerprint density at radius 3 is 2.64 bits per heavy atom. The van der Waals surface area contributed by atoms with Crippen LogP contribution in [0, 0.1) is 13.8 Å². The molecule has 1 N–H and O–H groups in total. The molecule has 0 radical (unpaired) electrons. The van der Waals surface area contributed by atoms with Crippen LogP contribution in [0.5, 0.6) is 0 Å². The zero-order valence-corrected chi connectivity index (χ0v) is 14.9. The minimum atomic E-state index is -0.147. The second-order valence-electron chi connectivity index (χ2n) is 5.80. The molecule has 0 spiro atoms. The Morgan fingerprint density at radius 1 is 1.16 bits per heavy atom. The van der Waals surface area contributed by atoms with Crippen LogP contribution in [0.15, 0.2) is 48.7 Å². The molecule has 0 bridgehead atoms. The first-order valence-electron chi connectivity index (χ1n) is 8.02. The molecule has 0 aliphatic rings. The Balaban J connectivity index is 1.77. The third-order valence-electron chi connectivity index (χ3n) is 4.04. The van der Waals surface area contributed by atoms with E-state index in [9.17, 15) is 4.79 Å². The maximum absolute atomic E-state index is 12.6. The summed E-state index contributed by atoms with van der Waals surface area (Å²) in [5.74, 6) is -0.147. The molecule has 2 aromatic heterocycles. The number of nitrogens with one attached hydrogen (secondary N) is 1. The largest absolute Gasteiger partial charge is 0.346 e. The van der Waals surface area contributed by atoms with Gasteiger partial charge >= 0.3 is 0 Å². The number of rotatable bonds is 5. The number of nitrogens with zero attached hydrogens (tertiary/aromatic N) is 3. The van der Waals surface area contributed by atoms with Crippen LogP contribution in [-0.4, -0.2) is 20.7 Å². The molecule has 3 rings (SSSR count). The summed E-state index contributed by atoms with van der Waals surface area (Å²) in [6.45, 7) is 4.65. The van der Waals surface area contributed by atoms with Crippen LogP contribution in [0.2, 0.25) is 5.02 Å². The van der Waals surface area contributed by atoms with E-state index in [4.69, 9.17) is 11.6 Å². The molecule has 6 heteroatoms. The monoisotopic (exact) mass is 354 g/mol. The van der Waals surface area contributed by atoms with Crippen molar-refractivity contribution in [2.45, 2.75) is 26.9 Å². The van der Waals surface area contributed by atoms with Gasteiger partial charge in [-0.2, -0.15) is 5.10 Å². The van der Waals surface area contributed by atoms with Gasteiger partial charge in [0, 0.05) is 16.9 Å². The first kappa shape index (κ1) is 17.2. The number of carbonyl (C=O) groups excluding carboxylic acids is 1. The van der Waals surface area contributed by atoms with E-state index in [-0.39, 0.29) is 5.91 Å². The minimum absolute atomic E-state index is 0.147. The van der Waals surface area contributed by atoms with E-state index >= 15 is 0 Å². The third-order valence-corrected chi connectivity index (χ3v) is 4.41. The summed E-state index contributed by atoms with van der Waals surface area (Å²) in [6.07, 6.45) is 1.71. The van der Waals surface area contributed by atoms with Crippen molar-refractivity contribution >= 4 is 17.5 Å². The SMILES string of the molecule is Cc1nn(Cc2ccccc2Cl)c(C)c1C(=O)NCc1ccccn1. The van der Waals surface area contributed by atoms with E-state index in [1.807, 2.05) is 61.0 Å². The lowest BCUT2D eigenvalue weighted by Crippen LogP contribution is -2.24. The molecule has 0 fully saturated rings. The van der Waals surface area contributed by atoms with Crippen LogP contribution in [0.3, 0.4) is 0 Å². The average molecular weight is 355 g/mol. The van der Waals surface area contributed by atoms with E-state index < -0.39 is 0 Å². The van der Waals surface area contributed by atoms with E-state index in [0.29, 0.717) is 29.4 Å². The number of aryl methyl sites for hydroxylation is 1. The second kappa shape index (κ2) is 7.49. The van der Waals surface area contributed by atoms with Crippen LogP contribution in [0.4, 0.5) is 0 Å². The maximum atomic E-state index is 12.6. The molecule has 2 heterocycles. The van der Waals surface area contributed by atoms with Crippen molar-refractivity contribution in [3.05, 3.63) is 81.9 Å². The predicted octanol–water partition coefficient (Wildman–Crippen LogP) is 3.53. The van der Waals surface area contributed by atoms with Gasteiger partial charge in [0.1, 0.15) is 0 Å². The quantitative estimate of drug-likeness (QED) is 0.762. The smallest absolute Gasteiger partial charge is 0.255 e. The van der Waals surface area contributed by atoms with Crippen molar-refractivity contribution in [2.24, 2.45) is 0 Å². The number of pyridine rings is 1. The molecule has 0 atom stereocenters. The summed E-state index contributed by atoms with van der Waals surface area (Å²) in [7, 11) is 0. The molecule has 0 saturated heterocycles. The molecule has 0 unspecified atom stereocenters. The molecule has 5 nitrogen and oxygen atoms in total. The standard InChI is InChI=1S/C19H19ClN4O/c1-13-18(19(25)22-11-16-8-5-6-10-21-16)14(2)24(23-13)12-15-7-3-4-9-17(15)20/h3-10H,11-12H2,1-2H3,(H,22,25). The van der Waals surface area contributed by atoms with Crippen molar-refractivity contribution in [3.63, 3.8) is 0 Å². The number of carbonyl (C=O) groups is 1. The first-order chi connectivity index (χ1) is 12.1. The molecule has 128 valence electrons. The summed E-state index contributed by atoms with van der Waals surface area (Å²) in [5, 5.41) is 8.10. The Labute approximate surface area is 151 Å².